The zero-order valence-corrected chi connectivity index (χ0v) is 11.8. The van der Waals surface area contributed by atoms with Crippen molar-refractivity contribution in [3.63, 3.8) is 0 Å². The Morgan fingerprint density at radius 1 is 1.28 bits per heavy atom. The maximum atomic E-state index is 4.80. The van der Waals surface area contributed by atoms with Crippen LogP contribution >= 0.6 is 11.3 Å². The van der Waals surface area contributed by atoms with Crippen LogP contribution in [-0.4, -0.2) is 31.2 Å². The molecule has 1 aromatic carbocycles. The van der Waals surface area contributed by atoms with Gasteiger partial charge in [0.2, 0.25) is 0 Å². The van der Waals surface area contributed by atoms with Gasteiger partial charge in [0, 0.05) is 26.2 Å². The summed E-state index contributed by atoms with van der Waals surface area (Å²) in [4.78, 5) is 7.18. The molecule has 0 radical (unpaired) electrons. The van der Waals surface area contributed by atoms with E-state index in [1.165, 1.54) is 15.4 Å². The minimum atomic E-state index is 0.568. The quantitative estimate of drug-likeness (QED) is 0.901. The highest BCUT2D eigenvalue weighted by Gasteiger charge is 2.15. The molecule has 3 rings (SSSR count). The summed E-state index contributed by atoms with van der Waals surface area (Å²) in [6.07, 6.45) is 0. The van der Waals surface area contributed by atoms with Gasteiger partial charge in [-0.05, 0) is 23.6 Å². The van der Waals surface area contributed by atoms with Crippen molar-refractivity contribution >= 4 is 26.7 Å². The number of hydrogen-bond acceptors (Lipinski definition) is 4. The van der Waals surface area contributed by atoms with Crippen molar-refractivity contribution < 1.29 is 0 Å². The first kappa shape index (κ1) is 11.9. The van der Waals surface area contributed by atoms with Crippen LogP contribution in [0.2, 0.25) is 0 Å². The molecule has 0 amide bonds. The lowest BCUT2D eigenvalue weighted by Gasteiger charge is -2.26. The summed E-state index contributed by atoms with van der Waals surface area (Å²) in [6.45, 7) is 8.71. The van der Waals surface area contributed by atoms with Gasteiger partial charge in [-0.1, -0.05) is 31.3 Å². The van der Waals surface area contributed by atoms with Crippen LogP contribution < -0.4 is 10.2 Å². The monoisotopic (exact) mass is 261 g/mol. The third-order valence-corrected chi connectivity index (χ3v) is 4.55. The smallest absolute Gasteiger partial charge is 0.186 e. The molecule has 1 aliphatic heterocycles. The summed E-state index contributed by atoms with van der Waals surface area (Å²) in [6, 6.07) is 6.68. The molecule has 1 aromatic heterocycles. The minimum Gasteiger partial charge on any atom is -0.346 e. The van der Waals surface area contributed by atoms with E-state index >= 15 is 0 Å². The van der Waals surface area contributed by atoms with Crippen LogP contribution in [0, 0.1) is 0 Å². The molecule has 2 aromatic rings. The SMILES string of the molecule is CC(C)c1ccc2sc(N3CCNCC3)nc2c1. The molecule has 0 bridgehead atoms. The molecule has 1 saturated heterocycles. The van der Waals surface area contributed by atoms with Crippen molar-refractivity contribution in [2.75, 3.05) is 31.1 Å². The minimum absolute atomic E-state index is 0.568. The second-order valence-electron chi connectivity index (χ2n) is 5.12. The molecular formula is C14H19N3S. The third-order valence-electron chi connectivity index (χ3n) is 3.45. The summed E-state index contributed by atoms with van der Waals surface area (Å²) in [5, 5.41) is 4.55. The van der Waals surface area contributed by atoms with E-state index in [-0.39, 0.29) is 0 Å². The van der Waals surface area contributed by atoms with E-state index < -0.39 is 0 Å². The number of nitrogens with one attached hydrogen (secondary N) is 1. The standard InChI is InChI=1S/C14H19N3S/c1-10(2)11-3-4-13-12(9-11)16-14(18-13)17-7-5-15-6-8-17/h3-4,9-10,15H,5-8H2,1-2H3. The van der Waals surface area contributed by atoms with E-state index in [2.05, 4.69) is 42.3 Å². The lowest BCUT2D eigenvalue weighted by molar-refractivity contribution is 0.588. The summed E-state index contributed by atoms with van der Waals surface area (Å²) in [5.41, 5.74) is 2.53. The first-order valence-corrected chi connectivity index (χ1v) is 7.42. The van der Waals surface area contributed by atoms with Crippen LogP contribution in [-0.2, 0) is 0 Å². The van der Waals surface area contributed by atoms with Crippen LogP contribution in [0.25, 0.3) is 10.2 Å². The molecule has 18 heavy (non-hydrogen) atoms. The maximum absolute atomic E-state index is 4.80. The number of aromatic nitrogens is 1. The van der Waals surface area contributed by atoms with Gasteiger partial charge in [-0.25, -0.2) is 4.98 Å². The first-order valence-electron chi connectivity index (χ1n) is 6.60. The van der Waals surface area contributed by atoms with E-state index in [0.29, 0.717) is 5.92 Å². The number of nitrogens with zero attached hydrogens (tertiary/aromatic N) is 2. The van der Waals surface area contributed by atoms with E-state index in [0.717, 1.165) is 31.7 Å². The fourth-order valence-corrected chi connectivity index (χ4v) is 3.28. The number of rotatable bonds is 2. The van der Waals surface area contributed by atoms with Crippen molar-refractivity contribution in [3.05, 3.63) is 23.8 Å². The van der Waals surface area contributed by atoms with Gasteiger partial charge in [-0.3, -0.25) is 0 Å². The van der Waals surface area contributed by atoms with Crippen molar-refractivity contribution in [2.45, 2.75) is 19.8 Å². The van der Waals surface area contributed by atoms with E-state index in [1.54, 1.807) is 0 Å². The average molecular weight is 261 g/mol. The van der Waals surface area contributed by atoms with Crippen molar-refractivity contribution in [1.82, 2.24) is 10.3 Å². The van der Waals surface area contributed by atoms with E-state index in [9.17, 15) is 0 Å². The molecule has 96 valence electrons. The number of fused-ring (bicyclic) bond motifs is 1. The molecule has 0 unspecified atom stereocenters. The summed E-state index contributed by atoms with van der Waals surface area (Å²) in [7, 11) is 0. The predicted molar refractivity (Wildman–Crippen MR) is 78.8 cm³/mol. The lowest BCUT2D eigenvalue weighted by Crippen LogP contribution is -2.43. The second-order valence-corrected chi connectivity index (χ2v) is 6.12. The van der Waals surface area contributed by atoms with Gasteiger partial charge in [0.15, 0.2) is 5.13 Å². The van der Waals surface area contributed by atoms with Crippen molar-refractivity contribution in [2.24, 2.45) is 0 Å². The summed E-state index contributed by atoms with van der Waals surface area (Å²) >= 11 is 1.81. The lowest BCUT2D eigenvalue weighted by atomic mass is 10.0. The molecule has 2 heterocycles. The molecule has 1 fully saturated rings. The van der Waals surface area contributed by atoms with Crippen LogP contribution in [0.3, 0.4) is 0 Å². The Labute approximate surface area is 112 Å². The Kier molecular flexibility index (Phi) is 3.22. The molecular weight excluding hydrogens is 242 g/mol. The molecule has 0 atom stereocenters. The number of thiazole rings is 1. The zero-order chi connectivity index (χ0) is 12.5. The van der Waals surface area contributed by atoms with E-state index in [4.69, 9.17) is 4.98 Å². The number of piperazine rings is 1. The van der Waals surface area contributed by atoms with Crippen molar-refractivity contribution in [1.29, 1.82) is 0 Å². The summed E-state index contributed by atoms with van der Waals surface area (Å²) < 4.78 is 1.30. The highest BCUT2D eigenvalue weighted by atomic mass is 32.1. The first-order chi connectivity index (χ1) is 8.74. The largest absolute Gasteiger partial charge is 0.346 e. The van der Waals surface area contributed by atoms with Gasteiger partial charge in [0.25, 0.3) is 0 Å². The van der Waals surface area contributed by atoms with E-state index in [1.807, 2.05) is 11.3 Å². The molecule has 0 saturated carbocycles. The Hall–Kier alpha value is -1.13. The predicted octanol–water partition coefficient (Wildman–Crippen LogP) is 2.83. The second kappa shape index (κ2) is 4.86. The molecule has 1 N–H and O–H groups in total. The molecule has 0 aliphatic carbocycles. The number of anilines is 1. The fourth-order valence-electron chi connectivity index (χ4n) is 2.28. The maximum Gasteiger partial charge on any atom is 0.186 e. The highest BCUT2D eigenvalue weighted by Crippen LogP contribution is 2.30. The Morgan fingerprint density at radius 3 is 2.78 bits per heavy atom. The van der Waals surface area contributed by atoms with Gasteiger partial charge in [-0.2, -0.15) is 0 Å². The Morgan fingerprint density at radius 2 is 2.06 bits per heavy atom. The van der Waals surface area contributed by atoms with Gasteiger partial charge >= 0.3 is 0 Å². The Bertz CT molecular complexity index is 541. The highest BCUT2D eigenvalue weighted by molar-refractivity contribution is 7.22. The molecule has 1 aliphatic rings. The van der Waals surface area contributed by atoms with Crippen LogP contribution in [0.1, 0.15) is 25.3 Å². The number of hydrogen-bond donors (Lipinski definition) is 1. The summed E-state index contributed by atoms with van der Waals surface area (Å²) in [5.74, 6) is 0.568. The van der Waals surface area contributed by atoms with Crippen molar-refractivity contribution in [3.8, 4) is 0 Å². The Balaban J connectivity index is 1.94. The molecule has 3 nitrogen and oxygen atoms in total. The number of benzene rings is 1. The van der Waals surface area contributed by atoms with Crippen LogP contribution in [0.4, 0.5) is 5.13 Å². The fraction of sp³-hybridized carbons (Fsp3) is 0.500. The zero-order valence-electron chi connectivity index (χ0n) is 10.9. The van der Waals surface area contributed by atoms with Gasteiger partial charge < -0.3 is 10.2 Å². The average Bonchev–Trinajstić information content (AvgIpc) is 2.82. The van der Waals surface area contributed by atoms with Gasteiger partial charge in [0.05, 0.1) is 10.2 Å². The topological polar surface area (TPSA) is 28.2 Å². The van der Waals surface area contributed by atoms with Crippen LogP contribution in [0.5, 0.6) is 0 Å². The van der Waals surface area contributed by atoms with Gasteiger partial charge in [0.1, 0.15) is 0 Å². The molecule has 4 heteroatoms. The van der Waals surface area contributed by atoms with Crippen LogP contribution in [0.15, 0.2) is 18.2 Å². The van der Waals surface area contributed by atoms with Gasteiger partial charge in [-0.15, -0.1) is 0 Å². The third kappa shape index (κ3) is 2.22. The normalized spacial score (nSPS) is 16.7. The molecule has 0 spiro atoms.